The van der Waals surface area contributed by atoms with Crippen LogP contribution in [0.1, 0.15) is 41.0 Å². The van der Waals surface area contributed by atoms with E-state index >= 15 is 0 Å². The normalized spacial score (nSPS) is 14.8. The highest BCUT2D eigenvalue weighted by molar-refractivity contribution is 6.72. The minimum Gasteiger partial charge on any atom is -0.432 e. The molecule has 0 rings (SSSR count). The molecule has 0 aromatic heterocycles. The van der Waals surface area contributed by atoms with Gasteiger partial charge in [-0.2, -0.15) is 0 Å². The monoisotopic (exact) mass is 238 g/mol. The topological polar surface area (TPSA) is 20.2 Å². The molecule has 0 aromatic carbocycles. The second-order valence-electron chi connectivity index (χ2n) is 6.48. The lowest BCUT2D eigenvalue weighted by molar-refractivity contribution is 0.465. The van der Waals surface area contributed by atoms with Gasteiger partial charge in [0.05, 0.1) is 0 Å². The van der Waals surface area contributed by atoms with Crippen LogP contribution in [0.15, 0.2) is 11.6 Å². The average Bonchev–Trinajstić information content (AvgIpc) is 1.99. The molecule has 0 bridgehead atoms. The average molecular weight is 238 g/mol. The summed E-state index contributed by atoms with van der Waals surface area (Å²) in [6.07, 6.45) is 8.51. The van der Waals surface area contributed by atoms with E-state index in [0.717, 1.165) is 6.42 Å². The van der Waals surface area contributed by atoms with Crippen LogP contribution in [0.3, 0.4) is 0 Å². The van der Waals surface area contributed by atoms with Gasteiger partial charge >= 0.3 is 0 Å². The predicted molar refractivity (Wildman–Crippen MR) is 74.7 cm³/mol. The summed E-state index contributed by atoms with van der Waals surface area (Å²) in [4.78, 5) is 10.2. The molecule has 1 nitrogen and oxygen atoms in total. The van der Waals surface area contributed by atoms with E-state index in [1.807, 2.05) is 26.9 Å². The van der Waals surface area contributed by atoms with Crippen molar-refractivity contribution in [2.75, 3.05) is 0 Å². The quantitative estimate of drug-likeness (QED) is 0.446. The van der Waals surface area contributed by atoms with Gasteiger partial charge in [-0.05, 0) is 45.3 Å². The molecule has 0 unspecified atom stereocenters. The Bertz CT molecular complexity index is 311. The molecule has 0 aliphatic carbocycles. The number of rotatable bonds is 4. The van der Waals surface area contributed by atoms with Crippen molar-refractivity contribution in [1.82, 2.24) is 0 Å². The minimum atomic E-state index is -2.13. The summed E-state index contributed by atoms with van der Waals surface area (Å²) in [5, 5.41) is -0.0156. The van der Waals surface area contributed by atoms with Gasteiger partial charge in [-0.15, -0.1) is 6.42 Å². The Kier molecular flexibility index (Phi) is 4.61. The standard InChI is InChI=1S/C14H26OSi/c1-9-13(3,4)10-12(2)11-14(5,6)16(7,8)15/h1,10,15H,11H2,2-8H3/b12-10+. The highest BCUT2D eigenvalue weighted by atomic mass is 28.4. The van der Waals surface area contributed by atoms with Crippen molar-refractivity contribution in [2.45, 2.75) is 59.2 Å². The number of allylic oxidation sites excluding steroid dienone is 2. The van der Waals surface area contributed by atoms with Crippen LogP contribution in [0.2, 0.25) is 18.1 Å². The third kappa shape index (κ3) is 4.55. The Balaban J connectivity index is 4.84. The Hall–Kier alpha value is -0.523. The molecule has 0 radical (unpaired) electrons. The molecule has 0 spiro atoms. The van der Waals surface area contributed by atoms with Crippen molar-refractivity contribution >= 4 is 8.32 Å². The Morgan fingerprint density at radius 3 is 2.06 bits per heavy atom. The lowest BCUT2D eigenvalue weighted by atomic mass is 9.90. The van der Waals surface area contributed by atoms with E-state index in [1.54, 1.807) is 0 Å². The Morgan fingerprint density at radius 2 is 1.75 bits per heavy atom. The maximum Gasteiger partial charge on any atom is 0.188 e. The summed E-state index contributed by atoms with van der Waals surface area (Å²) in [7, 11) is -2.13. The van der Waals surface area contributed by atoms with Crippen LogP contribution in [0, 0.1) is 17.8 Å². The van der Waals surface area contributed by atoms with E-state index in [0.29, 0.717) is 0 Å². The van der Waals surface area contributed by atoms with Crippen molar-refractivity contribution in [3.63, 3.8) is 0 Å². The molecule has 0 fully saturated rings. The first-order valence-corrected chi connectivity index (χ1v) is 8.74. The fraction of sp³-hybridized carbons (Fsp3) is 0.714. The first kappa shape index (κ1) is 15.5. The maximum atomic E-state index is 10.2. The highest BCUT2D eigenvalue weighted by Gasteiger charge is 2.37. The van der Waals surface area contributed by atoms with Crippen LogP contribution < -0.4 is 0 Å². The second kappa shape index (κ2) is 4.77. The fourth-order valence-electron chi connectivity index (χ4n) is 1.62. The number of hydrogen-bond donors (Lipinski definition) is 1. The van der Waals surface area contributed by atoms with Crippen LogP contribution in [0.5, 0.6) is 0 Å². The molecule has 0 saturated heterocycles. The molecule has 0 amide bonds. The summed E-state index contributed by atoms with van der Waals surface area (Å²) < 4.78 is 0. The van der Waals surface area contributed by atoms with Crippen LogP contribution in [0.25, 0.3) is 0 Å². The van der Waals surface area contributed by atoms with Gasteiger partial charge in [0.2, 0.25) is 0 Å². The summed E-state index contributed by atoms with van der Waals surface area (Å²) >= 11 is 0. The van der Waals surface area contributed by atoms with E-state index in [-0.39, 0.29) is 10.5 Å². The smallest absolute Gasteiger partial charge is 0.188 e. The van der Waals surface area contributed by atoms with Crippen molar-refractivity contribution in [1.29, 1.82) is 0 Å². The zero-order valence-electron chi connectivity index (χ0n) is 11.8. The highest BCUT2D eigenvalue weighted by Crippen LogP contribution is 2.41. The summed E-state index contributed by atoms with van der Waals surface area (Å²) in [6, 6.07) is 0. The summed E-state index contributed by atoms with van der Waals surface area (Å²) in [5.74, 6) is 2.77. The van der Waals surface area contributed by atoms with Crippen LogP contribution in [0.4, 0.5) is 0 Å². The minimum absolute atomic E-state index is 0.0156. The van der Waals surface area contributed by atoms with Gasteiger partial charge in [0.15, 0.2) is 8.32 Å². The molecular weight excluding hydrogens is 212 g/mol. The van der Waals surface area contributed by atoms with E-state index in [9.17, 15) is 4.80 Å². The SMILES string of the molecule is C#CC(C)(C)/C=C(\C)CC(C)(C)[Si](C)(C)O. The lowest BCUT2D eigenvalue weighted by Gasteiger charge is -2.35. The zero-order valence-corrected chi connectivity index (χ0v) is 12.8. The number of terminal acetylenes is 1. The largest absolute Gasteiger partial charge is 0.432 e. The maximum absolute atomic E-state index is 10.2. The lowest BCUT2D eigenvalue weighted by Crippen LogP contribution is -2.39. The van der Waals surface area contributed by atoms with Crippen LogP contribution >= 0.6 is 0 Å². The molecule has 0 aliphatic heterocycles. The van der Waals surface area contributed by atoms with Gasteiger partial charge in [-0.1, -0.05) is 31.4 Å². The molecule has 2 heteroatoms. The van der Waals surface area contributed by atoms with Gasteiger partial charge in [-0.3, -0.25) is 0 Å². The molecular formula is C14H26OSi. The zero-order chi connectivity index (χ0) is 13.2. The van der Waals surface area contributed by atoms with Gasteiger partial charge in [0.25, 0.3) is 0 Å². The van der Waals surface area contributed by atoms with E-state index in [1.165, 1.54) is 5.57 Å². The van der Waals surface area contributed by atoms with Crippen molar-refractivity contribution in [2.24, 2.45) is 5.41 Å². The fourth-order valence-corrected chi connectivity index (χ4v) is 2.33. The van der Waals surface area contributed by atoms with Gasteiger partial charge in [0, 0.05) is 5.41 Å². The molecule has 0 aliphatic rings. The van der Waals surface area contributed by atoms with Crippen molar-refractivity contribution in [3.8, 4) is 12.3 Å². The molecule has 1 N–H and O–H groups in total. The molecule has 0 heterocycles. The number of hydrogen-bond acceptors (Lipinski definition) is 1. The molecule has 0 saturated carbocycles. The van der Waals surface area contributed by atoms with Gasteiger partial charge in [0.1, 0.15) is 0 Å². The third-order valence-corrected chi connectivity index (χ3v) is 6.85. The summed E-state index contributed by atoms with van der Waals surface area (Å²) in [5.41, 5.74) is 1.07. The first-order valence-electron chi connectivity index (χ1n) is 5.80. The van der Waals surface area contributed by atoms with E-state index < -0.39 is 8.32 Å². The van der Waals surface area contributed by atoms with Crippen LogP contribution in [-0.4, -0.2) is 13.1 Å². The first-order chi connectivity index (χ1) is 6.91. The van der Waals surface area contributed by atoms with E-state index in [2.05, 4.69) is 32.8 Å². The summed E-state index contributed by atoms with van der Waals surface area (Å²) in [6.45, 7) is 14.4. The second-order valence-corrected chi connectivity index (χ2v) is 10.9. The molecule has 0 atom stereocenters. The molecule has 16 heavy (non-hydrogen) atoms. The van der Waals surface area contributed by atoms with Crippen LogP contribution in [-0.2, 0) is 0 Å². The molecule has 0 aromatic rings. The Labute approximate surface area is 102 Å². The van der Waals surface area contributed by atoms with E-state index in [4.69, 9.17) is 6.42 Å². The van der Waals surface area contributed by atoms with Crippen molar-refractivity contribution in [3.05, 3.63) is 11.6 Å². The van der Waals surface area contributed by atoms with Gasteiger partial charge < -0.3 is 4.80 Å². The Morgan fingerprint density at radius 1 is 1.31 bits per heavy atom. The predicted octanol–water partition coefficient (Wildman–Crippen LogP) is 3.96. The molecule has 92 valence electrons. The third-order valence-electron chi connectivity index (χ3n) is 3.36. The van der Waals surface area contributed by atoms with Gasteiger partial charge in [-0.25, -0.2) is 0 Å². The van der Waals surface area contributed by atoms with Crippen molar-refractivity contribution < 1.29 is 4.80 Å².